The highest BCUT2D eigenvalue weighted by Crippen LogP contribution is 2.30. The predicted molar refractivity (Wildman–Crippen MR) is 169 cm³/mol. The lowest BCUT2D eigenvalue weighted by Crippen LogP contribution is -2.17. The lowest BCUT2D eigenvalue weighted by Gasteiger charge is -2.25. The van der Waals surface area contributed by atoms with Crippen molar-refractivity contribution in [2.24, 2.45) is 4.99 Å². The van der Waals surface area contributed by atoms with Gasteiger partial charge in [-0.1, -0.05) is 59.2 Å². The molecule has 0 saturated heterocycles. The molecule has 0 aliphatic carbocycles. The summed E-state index contributed by atoms with van der Waals surface area (Å²) in [6.45, 7) is 17.2. The quantitative estimate of drug-likeness (QED) is 0.131. The summed E-state index contributed by atoms with van der Waals surface area (Å²) >= 11 is 1.75. The molecule has 0 amide bonds. The Labute approximate surface area is 235 Å². The minimum atomic E-state index is 0.0185. The van der Waals surface area contributed by atoms with Crippen LogP contribution in [0.2, 0.25) is 0 Å². The molecule has 0 aliphatic heterocycles. The molecule has 0 radical (unpaired) electrons. The fourth-order valence-electron chi connectivity index (χ4n) is 3.16. The van der Waals surface area contributed by atoms with Crippen LogP contribution >= 0.6 is 11.8 Å². The molecule has 0 spiro atoms. The van der Waals surface area contributed by atoms with E-state index in [1.54, 1.807) is 18.1 Å². The maximum absolute atomic E-state index is 9.69. The molecule has 38 heavy (non-hydrogen) atoms. The van der Waals surface area contributed by atoms with Gasteiger partial charge in [-0.3, -0.25) is 14.5 Å². The molecule has 0 unspecified atom stereocenters. The molecular weight excluding hydrogens is 492 g/mol. The summed E-state index contributed by atoms with van der Waals surface area (Å²) in [5.41, 5.74) is 3.64. The second-order valence-corrected chi connectivity index (χ2v) is 10.5. The molecule has 1 aromatic heterocycles. The average Bonchev–Trinajstić information content (AvgIpc) is 3.35. The van der Waals surface area contributed by atoms with Gasteiger partial charge >= 0.3 is 0 Å². The minimum Gasteiger partial charge on any atom is -0.393 e. The number of nitrogens with zero attached hydrogens (tertiary/aromatic N) is 3. The lowest BCUT2D eigenvalue weighted by atomic mass is 9.80. The number of aromatic nitrogens is 2. The van der Waals surface area contributed by atoms with E-state index in [-0.39, 0.29) is 11.2 Å². The number of ketones is 1. The van der Waals surface area contributed by atoms with Crippen molar-refractivity contribution in [2.75, 3.05) is 30.6 Å². The zero-order chi connectivity index (χ0) is 28.8. The number of anilines is 2. The van der Waals surface area contributed by atoms with Gasteiger partial charge < -0.3 is 16.0 Å². The van der Waals surface area contributed by atoms with E-state index in [0.717, 1.165) is 24.3 Å². The van der Waals surface area contributed by atoms with Crippen LogP contribution < -0.4 is 16.0 Å². The van der Waals surface area contributed by atoms with E-state index in [9.17, 15) is 4.79 Å². The van der Waals surface area contributed by atoms with Crippen LogP contribution in [0.3, 0.4) is 0 Å². The Morgan fingerprint density at radius 1 is 1.21 bits per heavy atom. The van der Waals surface area contributed by atoms with Crippen molar-refractivity contribution in [3.05, 3.63) is 66.0 Å². The van der Waals surface area contributed by atoms with Crippen molar-refractivity contribution < 1.29 is 4.79 Å². The van der Waals surface area contributed by atoms with E-state index in [1.807, 2.05) is 30.3 Å². The van der Waals surface area contributed by atoms with E-state index in [4.69, 9.17) is 0 Å². The number of carbonyl (C=O) groups excluding carboxylic acids is 1. The fraction of sp³-hybridized carbons (Fsp3) is 0.500. The molecule has 2 rings (SSSR count). The van der Waals surface area contributed by atoms with Gasteiger partial charge in [0.25, 0.3) is 0 Å². The van der Waals surface area contributed by atoms with Crippen LogP contribution in [0.5, 0.6) is 0 Å². The smallest absolute Gasteiger partial charge is 0.152 e. The van der Waals surface area contributed by atoms with E-state index in [2.05, 4.69) is 97.8 Å². The highest BCUT2D eigenvalue weighted by atomic mass is 32.2. The van der Waals surface area contributed by atoms with Crippen molar-refractivity contribution in [3.8, 4) is 0 Å². The summed E-state index contributed by atoms with van der Waals surface area (Å²) < 4.78 is 1.94. The maximum Gasteiger partial charge on any atom is 0.152 e. The summed E-state index contributed by atoms with van der Waals surface area (Å²) in [5, 5.41) is 13.7. The van der Waals surface area contributed by atoms with E-state index in [0.29, 0.717) is 6.67 Å². The maximum atomic E-state index is 9.69. The van der Waals surface area contributed by atoms with Gasteiger partial charge in [0.2, 0.25) is 0 Å². The zero-order valence-corrected chi connectivity index (χ0v) is 25.6. The number of aliphatic imine (C=N–C) groups is 1. The summed E-state index contributed by atoms with van der Waals surface area (Å²) in [5.74, 6) is 0.0185. The molecule has 0 saturated carbocycles. The molecule has 8 heteroatoms. The summed E-state index contributed by atoms with van der Waals surface area (Å²) in [6, 6.07) is 8.63. The summed E-state index contributed by atoms with van der Waals surface area (Å²) in [7, 11) is 1.90. The van der Waals surface area contributed by atoms with Crippen LogP contribution in [0.25, 0.3) is 0 Å². The summed E-state index contributed by atoms with van der Waals surface area (Å²) in [6.07, 6.45) is 15.7. The first-order valence-electron chi connectivity index (χ1n) is 13.3. The number of allylic oxidation sites excluding steroid dienone is 2. The van der Waals surface area contributed by atoms with Crippen LogP contribution in [-0.2, 0) is 16.8 Å². The normalized spacial score (nSPS) is 11.1. The first-order valence-corrected chi connectivity index (χ1v) is 14.5. The number of hydrogen-bond acceptors (Lipinski definition) is 6. The lowest BCUT2D eigenvalue weighted by molar-refractivity contribution is -0.112. The van der Waals surface area contributed by atoms with Crippen molar-refractivity contribution in [1.29, 1.82) is 0 Å². The average molecular weight is 543 g/mol. The predicted octanol–water partition coefficient (Wildman–Crippen LogP) is 7.46. The van der Waals surface area contributed by atoms with Crippen LogP contribution in [0.15, 0.2) is 65.4 Å². The molecule has 212 valence electrons. The van der Waals surface area contributed by atoms with Gasteiger partial charge in [-0.15, -0.1) is 11.8 Å². The first-order chi connectivity index (χ1) is 18.1. The van der Waals surface area contributed by atoms with E-state index in [1.165, 1.54) is 42.7 Å². The highest BCUT2D eigenvalue weighted by Gasteiger charge is 2.19. The first kappa shape index (κ1) is 35.0. The third kappa shape index (κ3) is 16.7. The Hall–Kier alpha value is -3.00. The highest BCUT2D eigenvalue weighted by molar-refractivity contribution is 8.02. The standard InChI is InChI=1S/C21H33N5.C5H11NS.C4H6O/c1-5-7-11-21(3,4)18-9-8-10-19(13-18)23-16-22-17-24-20-14-25-26(15-20)12-6-2;1-5(7-3)4-6-2;1-3-4(2)5/h8-10,13-16,24H,5-7,11-12,17H2,1-4H3,(H,22,23);4,6H,1-3H3;3H,1H2,2H3/b;5-4+;. The zero-order valence-electron chi connectivity index (χ0n) is 24.8. The van der Waals surface area contributed by atoms with Gasteiger partial charge in [-0.25, -0.2) is 0 Å². The molecule has 3 N–H and O–H groups in total. The van der Waals surface area contributed by atoms with Gasteiger partial charge in [0, 0.05) is 31.7 Å². The van der Waals surface area contributed by atoms with Gasteiger partial charge in [0.05, 0.1) is 18.2 Å². The molecule has 1 aromatic carbocycles. The van der Waals surface area contributed by atoms with Crippen molar-refractivity contribution in [2.45, 2.75) is 79.2 Å². The number of carbonyl (C=O) groups is 1. The van der Waals surface area contributed by atoms with Gasteiger partial charge in [0.1, 0.15) is 6.67 Å². The van der Waals surface area contributed by atoms with Gasteiger partial charge in [-0.05, 0) is 67.0 Å². The Morgan fingerprint density at radius 2 is 1.92 bits per heavy atom. The van der Waals surface area contributed by atoms with E-state index < -0.39 is 0 Å². The van der Waals surface area contributed by atoms with Crippen LogP contribution in [0.4, 0.5) is 11.4 Å². The number of hydrogen-bond donors (Lipinski definition) is 3. The SMILES string of the molecule is C=CC(C)=O.CCCCC(C)(C)c1cccc(N/C=N/CNc2cnn(CCC)c2)c1.CN/C=C(\C)SC. The largest absolute Gasteiger partial charge is 0.393 e. The second-order valence-electron chi connectivity index (χ2n) is 9.41. The van der Waals surface area contributed by atoms with Crippen molar-refractivity contribution in [1.82, 2.24) is 15.1 Å². The third-order valence-corrected chi connectivity index (χ3v) is 6.30. The monoisotopic (exact) mass is 542 g/mol. The molecule has 7 nitrogen and oxygen atoms in total. The minimum absolute atomic E-state index is 0.0185. The molecule has 0 bridgehead atoms. The van der Waals surface area contributed by atoms with Crippen molar-refractivity contribution >= 4 is 35.3 Å². The number of unbranched alkanes of at least 4 members (excludes halogenated alkanes) is 1. The second kappa shape index (κ2) is 21.0. The number of nitrogens with one attached hydrogen (secondary N) is 3. The Kier molecular flexibility index (Phi) is 19.3. The van der Waals surface area contributed by atoms with E-state index >= 15 is 0 Å². The number of rotatable bonds is 14. The van der Waals surface area contributed by atoms with Gasteiger partial charge in [-0.2, -0.15) is 5.10 Å². The molecular formula is C30H50N6OS. The Bertz CT molecular complexity index is 981. The molecule has 0 fully saturated rings. The van der Waals surface area contributed by atoms with Crippen LogP contribution in [-0.4, -0.2) is 41.9 Å². The van der Waals surface area contributed by atoms with Gasteiger partial charge in [0.15, 0.2) is 5.78 Å². The topological polar surface area (TPSA) is 83.3 Å². The Balaban J connectivity index is 0.000000949. The number of aryl methyl sites for hydroxylation is 1. The molecule has 2 aromatic rings. The third-order valence-electron chi connectivity index (χ3n) is 5.54. The number of benzene rings is 1. The molecule has 0 aliphatic rings. The fourth-order valence-corrected chi connectivity index (χ4v) is 3.40. The molecule has 0 atom stereocenters. The van der Waals surface area contributed by atoms with Crippen molar-refractivity contribution in [3.63, 3.8) is 0 Å². The number of thioether (sulfide) groups is 1. The van der Waals surface area contributed by atoms with Crippen LogP contribution in [0.1, 0.15) is 72.8 Å². The molecule has 1 heterocycles. The van der Waals surface area contributed by atoms with Crippen LogP contribution in [0, 0.1) is 0 Å². The Morgan fingerprint density at radius 3 is 2.47 bits per heavy atom. The summed E-state index contributed by atoms with van der Waals surface area (Å²) in [4.78, 5) is 15.4.